The summed E-state index contributed by atoms with van der Waals surface area (Å²) in [5.41, 5.74) is 1.45. The van der Waals surface area contributed by atoms with Gasteiger partial charge < -0.3 is 9.88 Å². The summed E-state index contributed by atoms with van der Waals surface area (Å²) < 4.78 is 3.21. The van der Waals surface area contributed by atoms with Crippen molar-refractivity contribution in [2.24, 2.45) is 0 Å². The first-order chi connectivity index (χ1) is 10.3. The Morgan fingerprint density at radius 3 is 3.10 bits per heavy atom. The van der Waals surface area contributed by atoms with Crippen LogP contribution in [0.2, 0.25) is 4.34 Å². The highest BCUT2D eigenvalue weighted by atomic mass is 35.5. The van der Waals surface area contributed by atoms with E-state index < -0.39 is 0 Å². The lowest BCUT2D eigenvalue weighted by molar-refractivity contribution is 0.334. The predicted molar refractivity (Wildman–Crippen MR) is 87.0 cm³/mol. The molecule has 21 heavy (non-hydrogen) atoms. The molecule has 1 N–H and O–H groups in total. The average Bonchev–Trinajstić information content (AvgIpc) is 3.16. The summed E-state index contributed by atoms with van der Waals surface area (Å²) in [5.74, 6) is 0. The summed E-state index contributed by atoms with van der Waals surface area (Å²) in [6.07, 6.45) is 13.4. The summed E-state index contributed by atoms with van der Waals surface area (Å²) in [6.45, 7) is 0. The summed E-state index contributed by atoms with van der Waals surface area (Å²) in [6, 6.07) is 3.76. The fourth-order valence-corrected chi connectivity index (χ4v) is 5.29. The van der Waals surface area contributed by atoms with Gasteiger partial charge in [-0.2, -0.15) is 0 Å². The Kier molecular flexibility index (Phi) is 3.78. The van der Waals surface area contributed by atoms with Gasteiger partial charge in [-0.25, -0.2) is 4.98 Å². The Morgan fingerprint density at radius 2 is 2.24 bits per heavy atom. The van der Waals surface area contributed by atoms with E-state index in [2.05, 4.69) is 27.1 Å². The molecule has 5 heteroatoms. The number of nitrogens with one attached hydrogen (secondary N) is 1. The molecule has 0 amide bonds. The Morgan fingerprint density at radius 1 is 1.29 bits per heavy atom. The second-order valence-corrected chi connectivity index (χ2v) is 7.92. The van der Waals surface area contributed by atoms with Crippen LogP contribution in [0.4, 0.5) is 0 Å². The maximum atomic E-state index is 6.22. The van der Waals surface area contributed by atoms with Crippen molar-refractivity contribution in [3.05, 3.63) is 39.6 Å². The van der Waals surface area contributed by atoms with Gasteiger partial charge in [0.1, 0.15) is 0 Å². The number of nitrogens with zero attached hydrogens (tertiary/aromatic N) is 2. The number of rotatable bonds is 3. The lowest BCUT2D eigenvalue weighted by atomic mass is 9.93. The van der Waals surface area contributed by atoms with Crippen LogP contribution in [-0.2, 0) is 6.42 Å². The molecule has 0 spiro atoms. The number of aryl methyl sites for hydroxylation is 1. The fraction of sp³-hybridized carbons (Fsp3) is 0.562. The van der Waals surface area contributed by atoms with E-state index in [0.29, 0.717) is 18.1 Å². The second kappa shape index (κ2) is 5.75. The fourth-order valence-electron chi connectivity index (χ4n) is 3.91. The quantitative estimate of drug-likeness (QED) is 0.910. The predicted octanol–water partition coefficient (Wildman–Crippen LogP) is 4.36. The maximum absolute atomic E-state index is 6.22. The van der Waals surface area contributed by atoms with Gasteiger partial charge in [-0.3, -0.25) is 0 Å². The molecule has 4 rings (SSSR count). The Bertz CT molecular complexity index is 607. The van der Waals surface area contributed by atoms with Crippen molar-refractivity contribution in [2.45, 2.75) is 56.7 Å². The molecule has 0 bridgehead atoms. The second-order valence-electron chi connectivity index (χ2n) is 6.16. The number of hydrogen-bond donors (Lipinski definition) is 1. The number of imidazole rings is 1. The van der Waals surface area contributed by atoms with Crippen LogP contribution in [-0.4, -0.2) is 15.6 Å². The number of thiophene rings is 1. The van der Waals surface area contributed by atoms with Gasteiger partial charge in [-0.1, -0.05) is 11.6 Å². The summed E-state index contributed by atoms with van der Waals surface area (Å²) in [7, 11) is 0. The number of fused-ring (bicyclic) bond motifs is 1. The van der Waals surface area contributed by atoms with Crippen molar-refractivity contribution in [2.75, 3.05) is 0 Å². The van der Waals surface area contributed by atoms with E-state index in [1.165, 1.54) is 49.0 Å². The van der Waals surface area contributed by atoms with E-state index >= 15 is 0 Å². The Balaban J connectivity index is 1.53. The number of hydrogen-bond acceptors (Lipinski definition) is 3. The molecule has 2 aromatic heterocycles. The lowest BCUT2D eigenvalue weighted by Gasteiger charge is -2.30. The van der Waals surface area contributed by atoms with E-state index in [1.807, 2.05) is 12.5 Å². The monoisotopic (exact) mass is 321 g/mol. The summed E-state index contributed by atoms with van der Waals surface area (Å²) in [4.78, 5) is 5.69. The highest BCUT2D eigenvalue weighted by Crippen LogP contribution is 2.40. The van der Waals surface area contributed by atoms with Crippen LogP contribution in [0, 0.1) is 0 Å². The van der Waals surface area contributed by atoms with Gasteiger partial charge in [-0.05, 0) is 50.2 Å². The van der Waals surface area contributed by atoms with Gasteiger partial charge in [0.15, 0.2) is 0 Å². The molecule has 2 aliphatic carbocycles. The van der Waals surface area contributed by atoms with Gasteiger partial charge in [0, 0.05) is 35.4 Å². The zero-order valence-electron chi connectivity index (χ0n) is 12.0. The first-order valence-corrected chi connectivity index (χ1v) is 9.02. The molecule has 0 aliphatic heterocycles. The normalized spacial score (nSPS) is 28.7. The molecule has 0 saturated heterocycles. The third-order valence-electron chi connectivity index (χ3n) is 4.89. The highest BCUT2D eigenvalue weighted by molar-refractivity contribution is 7.16. The van der Waals surface area contributed by atoms with Crippen LogP contribution < -0.4 is 5.32 Å². The summed E-state index contributed by atoms with van der Waals surface area (Å²) in [5, 5.41) is 3.93. The number of aromatic nitrogens is 2. The average molecular weight is 322 g/mol. The molecule has 1 fully saturated rings. The van der Waals surface area contributed by atoms with Gasteiger partial charge in [0.25, 0.3) is 0 Å². The molecule has 3 atom stereocenters. The number of halogens is 1. The van der Waals surface area contributed by atoms with Crippen molar-refractivity contribution < 1.29 is 0 Å². The standard InChI is InChI=1S/C16H20ClN3S/c17-16-9-11-12(3-2-6-15(11)21-16)19-13-4-1-5-14(13)20-8-7-18-10-20/h7-10,12-14,19H,1-6H2. The molecular weight excluding hydrogens is 302 g/mol. The Labute approximate surface area is 134 Å². The smallest absolute Gasteiger partial charge is 0.0949 e. The van der Waals surface area contributed by atoms with Crippen LogP contribution in [0.3, 0.4) is 0 Å². The van der Waals surface area contributed by atoms with E-state index in [9.17, 15) is 0 Å². The first-order valence-electron chi connectivity index (χ1n) is 7.83. The van der Waals surface area contributed by atoms with Crippen LogP contribution in [0.1, 0.15) is 54.6 Å². The van der Waals surface area contributed by atoms with E-state index in [-0.39, 0.29) is 0 Å². The molecule has 2 aromatic rings. The minimum Gasteiger partial charge on any atom is -0.333 e. The van der Waals surface area contributed by atoms with Crippen LogP contribution in [0.15, 0.2) is 24.8 Å². The third-order valence-corrected chi connectivity index (χ3v) is 6.23. The van der Waals surface area contributed by atoms with Crippen LogP contribution in [0.25, 0.3) is 0 Å². The molecule has 3 unspecified atom stereocenters. The minimum atomic E-state index is 0.478. The maximum Gasteiger partial charge on any atom is 0.0949 e. The molecule has 1 saturated carbocycles. The van der Waals surface area contributed by atoms with Crippen molar-refractivity contribution in [1.29, 1.82) is 0 Å². The van der Waals surface area contributed by atoms with Crippen molar-refractivity contribution in [3.8, 4) is 0 Å². The minimum absolute atomic E-state index is 0.478. The van der Waals surface area contributed by atoms with Crippen LogP contribution in [0.5, 0.6) is 0 Å². The van der Waals surface area contributed by atoms with Gasteiger partial charge >= 0.3 is 0 Å². The molecule has 3 nitrogen and oxygen atoms in total. The van der Waals surface area contributed by atoms with E-state index in [4.69, 9.17) is 11.6 Å². The molecular formula is C16H20ClN3S. The molecule has 112 valence electrons. The van der Waals surface area contributed by atoms with E-state index in [1.54, 1.807) is 11.3 Å². The molecule has 2 heterocycles. The highest BCUT2D eigenvalue weighted by Gasteiger charge is 2.32. The lowest BCUT2D eigenvalue weighted by Crippen LogP contribution is -2.37. The van der Waals surface area contributed by atoms with E-state index in [0.717, 1.165) is 4.34 Å². The SMILES string of the molecule is Clc1cc2c(s1)CCCC2NC1CCCC1n1ccnc1. The zero-order valence-corrected chi connectivity index (χ0v) is 13.5. The van der Waals surface area contributed by atoms with Crippen LogP contribution >= 0.6 is 22.9 Å². The van der Waals surface area contributed by atoms with Crippen molar-refractivity contribution in [1.82, 2.24) is 14.9 Å². The molecule has 0 radical (unpaired) electrons. The van der Waals surface area contributed by atoms with Crippen molar-refractivity contribution in [3.63, 3.8) is 0 Å². The Hall–Kier alpha value is -0.840. The summed E-state index contributed by atoms with van der Waals surface area (Å²) >= 11 is 7.98. The largest absolute Gasteiger partial charge is 0.333 e. The molecule has 0 aromatic carbocycles. The zero-order chi connectivity index (χ0) is 14.2. The topological polar surface area (TPSA) is 29.9 Å². The van der Waals surface area contributed by atoms with Gasteiger partial charge in [0.2, 0.25) is 0 Å². The van der Waals surface area contributed by atoms with Crippen molar-refractivity contribution >= 4 is 22.9 Å². The van der Waals surface area contributed by atoms with Gasteiger partial charge in [-0.15, -0.1) is 11.3 Å². The molecule has 2 aliphatic rings. The van der Waals surface area contributed by atoms with Gasteiger partial charge in [0.05, 0.1) is 10.7 Å². The first kappa shape index (κ1) is 13.8. The third kappa shape index (κ3) is 2.65.